The van der Waals surface area contributed by atoms with Crippen molar-refractivity contribution < 1.29 is 19.1 Å². The molecule has 0 heterocycles. The summed E-state index contributed by atoms with van der Waals surface area (Å²) in [6, 6.07) is 2.92. The first-order valence-corrected chi connectivity index (χ1v) is 15.0. The fraction of sp³-hybridized carbons (Fsp3) is 0.913. The predicted molar refractivity (Wildman–Crippen MR) is 120 cm³/mol. The number of esters is 2. The Bertz CT molecular complexity index is 403. The van der Waals surface area contributed by atoms with Gasteiger partial charge in [-0.05, 0) is 26.2 Å². The highest BCUT2D eigenvalue weighted by atomic mass is 28.3. The lowest BCUT2D eigenvalue weighted by Gasteiger charge is -2.24. The number of rotatable bonds is 17. The second-order valence-corrected chi connectivity index (χ2v) is 14.4. The molecular formula is C23H46O4Si. The summed E-state index contributed by atoms with van der Waals surface area (Å²) < 4.78 is 10.0. The molecule has 0 aromatic heterocycles. The van der Waals surface area contributed by atoms with Crippen LogP contribution >= 0.6 is 0 Å². The fourth-order valence-corrected chi connectivity index (χ4v) is 7.66. The van der Waals surface area contributed by atoms with Crippen LogP contribution in [-0.2, 0) is 19.1 Å². The molecule has 0 aliphatic carbocycles. The third-order valence-electron chi connectivity index (χ3n) is 5.20. The van der Waals surface area contributed by atoms with Crippen molar-refractivity contribution in [2.24, 2.45) is 11.8 Å². The Morgan fingerprint density at radius 1 is 0.750 bits per heavy atom. The smallest absolute Gasteiger partial charge is 0.320 e. The Hall–Kier alpha value is -0.843. The maximum atomic E-state index is 11.9. The van der Waals surface area contributed by atoms with Crippen molar-refractivity contribution in [3.8, 4) is 0 Å². The largest absolute Gasteiger partial charge is 0.465 e. The number of hydrogen-bond acceptors (Lipinski definition) is 4. The summed E-state index contributed by atoms with van der Waals surface area (Å²) >= 11 is 0. The standard InChI is InChI=1S/C23H46O4Si/c1-7-26-22(24)21(23(25)27-8-2)17-15-13-11-9-10-12-14-16-18-28(5,6)19-20(3)4/h20-21H,7-19H2,1-6H3. The zero-order valence-electron chi connectivity index (χ0n) is 19.5. The van der Waals surface area contributed by atoms with Gasteiger partial charge in [0.1, 0.15) is 0 Å². The van der Waals surface area contributed by atoms with Crippen LogP contribution in [0, 0.1) is 11.8 Å². The number of hydrogen-bond donors (Lipinski definition) is 0. The molecule has 5 heteroatoms. The summed E-state index contributed by atoms with van der Waals surface area (Å²) in [4.78, 5) is 23.9. The van der Waals surface area contributed by atoms with Crippen molar-refractivity contribution in [1.82, 2.24) is 0 Å². The van der Waals surface area contributed by atoms with E-state index in [4.69, 9.17) is 9.47 Å². The molecule has 0 N–H and O–H groups in total. The van der Waals surface area contributed by atoms with Crippen LogP contribution in [-0.4, -0.2) is 33.2 Å². The summed E-state index contributed by atoms with van der Waals surface area (Å²) in [5, 5.41) is 0. The number of carbonyl (C=O) groups is 2. The molecule has 4 nitrogen and oxygen atoms in total. The molecule has 0 aromatic carbocycles. The molecule has 0 saturated carbocycles. The predicted octanol–water partition coefficient (Wildman–Crippen LogP) is 6.60. The molecule has 0 unspecified atom stereocenters. The van der Waals surface area contributed by atoms with E-state index in [-0.39, 0.29) is 0 Å². The number of unbranched alkanes of at least 4 members (excludes halogenated alkanes) is 7. The lowest BCUT2D eigenvalue weighted by molar-refractivity contribution is -0.161. The minimum atomic E-state index is -0.970. The third kappa shape index (κ3) is 14.2. The third-order valence-corrected chi connectivity index (χ3v) is 8.83. The van der Waals surface area contributed by atoms with Gasteiger partial charge in [0.05, 0.1) is 13.2 Å². The summed E-state index contributed by atoms with van der Waals surface area (Å²) in [6.45, 7) is 13.9. The zero-order chi connectivity index (χ0) is 21.4. The Balaban J connectivity index is 3.80. The molecule has 0 saturated heterocycles. The second kappa shape index (κ2) is 16.0. The van der Waals surface area contributed by atoms with Crippen LogP contribution in [0.4, 0.5) is 0 Å². The zero-order valence-corrected chi connectivity index (χ0v) is 20.5. The lowest BCUT2D eigenvalue weighted by Crippen LogP contribution is -2.28. The molecule has 0 bridgehead atoms. The van der Waals surface area contributed by atoms with Crippen LogP contribution in [0.15, 0.2) is 0 Å². The topological polar surface area (TPSA) is 52.6 Å². The number of carbonyl (C=O) groups excluding carboxylic acids is 2. The molecule has 0 spiro atoms. The van der Waals surface area contributed by atoms with E-state index in [2.05, 4.69) is 26.9 Å². The fourth-order valence-electron chi connectivity index (χ4n) is 4.04. The molecule has 0 fully saturated rings. The summed E-state index contributed by atoms with van der Waals surface area (Å²) in [7, 11) is -0.970. The second-order valence-electron chi connectivity index (χ2n) is 9.19. The van der Waals surface area contributed by atoms with Crippen LogP contribution in [0.2, 0.25) is 25.2 Å². The van der Waals surface area contributed by atoms with Gasteiger partial charge in [-0.3, -0.25) is 9.59 Å². The van der Waals surface area contributed by atoms with Crippen LogP contribution in [0.1, 0.15) is 85.5 Å². The molecule has 0 radical (unpaired) electrons. The van der Waals surface area contributed by atoms with Gasteiger partial charge in [0.25, 0.3) is 0 Å². The van der Waals surface area contributed by atoms with E-state index < -0.39 is 25.9 Å². The molecule has 0 aromatic rings. The van der Waals surface area contributed by atoms with Crippen molar-refractivity contribution in [1.29, 1.82) is 0 Å². The Morgan fingerprint density at radius 2 is 1.18 bits per heavy atom. The van der Waals surface area contributed by atoms with E-state index in [1.807, 2.05) is 0 Å². The minimum Gasteiger partial charge on any atom is -0.465 e. The first kappa shape index (κ1) is 27.2. The average molecular weight is 415 g/mol. The van der Waals surface area contributed by atoms with Crippen molar-refractivity contribution in [2.45, 2.75) is 111 Å². The first-order chi connectivity index (χ1) is 13.2. The lowest BCUT2D eigenvalue weighted by atomic mass is 10.00. The van der Waals surface area contributed by atoms with Gasteiger partial charge in [-0.2, -0.15) is 0 Å². The van der Waals surface area contributed by atoms with E-state index in [1.165, 1.54) is 50.6 Å². The Morgan fingerprint density at radius 3 is 1.61 bits per heavy atom. The van der Waals surface area contributed by atoms with Gasteiger partial charge in [-0.15, -0.1) is 0 Å². The monoisotopic (exact) mass is 414 g/mol. The quantitative estimate of drug-likeness (QED) is 0.116. The minimum absolute atomic E-state index is 0.297. The summed E-state index contributed by atoms with van der Waals surface area (Å²) in [5.41, 5.74) is 0. The molecule has 166 valence electrons. The molecule has 28 heavy (non-hydrogen) atoms. The van der Waals surface area contributed by atoms with E-state index in [0.717, 1.165) is 18.8 Å². The normalized spacial score (nSPS) is 11.9. The summed E-state index contributed by atoms with van der Waals surface area (Å²) in [5.74, 6) is -0.790. The molecule has 0 atom stereocenters. The van der Waals surface area contributed by atoms with Crippen LogP contribution in [0.3, 0.4) is 0 Å². The SMILES string of the molecule is CCOC(=O)C(CCCCCCCCCC[Si](C)(C)CC(C)C)C(=O)OCC. The molecule has 0 amide bonds. The van der Waals surface area contributed by atoms with Gasteiger partial charge in [0.15, 0.2) is 5.92 Å². The van der Waals surface area contributed by atoms with E-state index in [0.29, 0.717) is 19.6 Å². The Labute approximate surface area is 175 Å². The van der Waals surface area contributed by atoms with Crippen LogP contribution in [0.25, 0.3) is 0 Å². The average Bonchev–Trinajstić information content (AvgIpc) is 2.58. The molecule has 0 aliphatic rings. The highest BCUT2D eigenvalue weighted by Crippen LogP contribution is 2.24. The van der Waals surface area contributed by atoms with Crippen LogP contribution in [0.5, 0.6) is 0 Å². The number of ether oxygens (including phenoxy) is 2. The highest BCUT2D eigenvalue weighted by Gasteiger charge is 2.28. The summed E-state index contributed by atoms with van der Waals surface area (Å²) in [6.07, 6.45) is 10.3. The van der Waals surface area contributed by atoms with Crippen LogP contribution < -0.4 is 0 Å². The van der Waals surface area contributed by atoms with Crippen molar-refractivity contribution in [3.63, 3.8) is 0 Å². The van der Waals surface area contributed by atoms with E-state index in [1.54, 1.807) is 13.8 Å². The maximum Gasteiger partial charge on any atom is 0.320 e. The van der Waals surface area contributed by atoms with Gasteiger partial charge in [0, 0.05) is 8.07 Å². The van der Waals surface area contributed by atoms with Gasteiger partial charge in [-0.25, -0.2) is 0 Å². The highest BCUT2D eigenvalue weighted by molar-refractivity contribution is 6.77. The molecular weight excluding hydrogens is 368 g/mol. The van der Waals surface area contributed by atoms with Crippen molar-refractivity contribution in [2.75, 3.05) is 13.2 Å². The van der Waals surface area contributed by atoms with Gasteiger partial charge in [-0.1, -0.05) is 90.4 Å². The van der Waals surface area contributed by atoms with Gasteiger partial charge < -0.3 is 9.47 Å². The first-order valence-electron chi connectivity index (χ1n) is 11.6. The van der Waals surface area contributed by atoms with Gasteiger partial charge in [0.2, 0.25) is 0 Å². The van der Waals surface area contributed by atoms with E-state index in [9.17, 15) is 9.59 Å². The molecule has 0 rings (SSSR count). The van der Waals surface area contributed by atoms with Crippen molar-refractivity contribution in [3.05, 3.63) is 0 Å². The van der Waals surface area contributed by atoms with E-state index >= 15 is 0 Å². The molecule has 0 aliphatic heterocycles. The Kier molecular flexibility index (Phi) is 15.5. The maximum absolute atomic E-state index is 11.9. The van der Waals surface area contributed by atoms with Crippen molar-refractivity contribution >= 4 is 20.0 Å². The van der Waals surface area contributed by atoms with Gasteiger partial charge >= 0.3 is 11.9 Å².